The van der Waals surface area contributed by atoms with Gasteiger partial charge in [-0.15, -0.1) is 0 Å². The molecule has 0 unspecified atom stereocenters. The van der Waals surface area contributed by atoms with Gasteiger partial charge in [0.25, 0.3) is 0 Å². The summed E-state index contributed by atoms with van der Waals surface area (Å²) in [5.41, 5.74) is 8.84. The van der Waals surface area contributed by atoms with Gasteiger partial charge in [-0.25, -0.2) is 4.98 Å². The highest BCUT2D eigenvalue weighted by atomic mass is 16.5. The van der Waals surface area contributed by atoms with Crippen molar-refractivity contribution in [3.63, 3.8) is 0 Å². The smallest absolute Gasteiger partial charge is 0.213 e. The Labute approximate surface area is 85.3 Å². The summed E-state index contributed by atoms with van der Waals surface area (Å²) >= 11 is 0. The van der Waals surface area contributed by atoms with Crippen LogP contribution in [-0.2, 0) is 6.54 Å². The molecule has 2 N–H and O–H groups in total. The number of pyridine rings is 1. The van der Waals surface area contributed by atoms with Crippen molar-refractivity contribution >= 4 is 0 Å². The molecule has 0 aromatic carbocycles. The van der Waals surface area contributed by atoms with E-state index in [0.29, 0.717) is 12.4 Å². The predicted octanol–water partition coefficient (Wildman–Crippen LogP) is 1.94. The second kappa shape index (κ2) is 4.42. The molecule has 3 nitrogen and oxygen atoms in total. The molecule has 0 bridgehead atoms. The van der Waals surface area contributed by atoms with Gasteiger partial charge in [0.15, 0.2) is 0 Å². The molecule has 0 radical (unpaired) electrons. The van der Waals surface area contributed by atoms with Crippen LogP contribution in [0, 0.1) is 13.8 Å². The Bertz CT molecular complexity index is 298. The minimum atomic E-state index is 0.157. The fraction of sp³-hybridized carbons (Fsp3) is 0.545. The van der Waals surface area contributed by atoms with Gasteiger partial charge in [-0.1, -0.05) is 0 Å². The topological polar surface area (TPSA) is 48.1 Å². The quantitative estimate of drug-likeness (QED) is 0.800. The second-order valence-corrected chi connectivity index (χ2v) is 3.71. The van der Waals surface area contributed by atoms with E-state index in [-0.39, 0.29) is 6.10 Å². The lowest BCUT2D eigenvalue weighted by atomic mass is 10.1. The molecule has 1 aromatic heterocycles. The summed E-state index contributed by atoms with van der Waals surface area (Å²) in [7, 11) is 0. The lowest BCUT2D eigenvalue weighted by Crippen LogP contribution is -2.10. The predicted molar refractivity (Wildman–Crippen MR) is 57.4 cm³/mol. The number of hydrogen-bond donors (Lipinski definition) is 1. The van der Waals surface area contributed by atoms with E-state index in [1.165, 1.54) is 0 Å². The molecule has 78 valence electrons. The molecule has 0 saturated heterocycles. The van der Waals surface area contributed by atoms with Crippen LogP contribution in [0.4, 0.5) is 0 Å². The van der Waals surface area contributed by atoms with E-state index in [4.69, 9.17) is 10.5 Å². The molecule has 0 atom stereocenters. The molecule has 0 spiro atoms. The lowest BCUT2D eigenvalue weighted by Gasteiger charge is -2.12. The Morgan fingerprint density at radius 1 is 1.43 bits per heavy atom. The maximum absolute atomic E-state index is 5.62. The lowest BCUT2D eigenvalue weighted by molar-refractivity contribution is 0.232. The molecular weight excluding hydrogens is 176 g/mol. The van der Waals surface area contributed by atoms with Gasteiger partial charge in [-0.05, 0) is 38.8 Å². The molecule has 14 heavy (non-hydrogen) atoms. The molecule has 0 fully saturated rings. The van der Waals surface area contributed by atoms with E-state index in [0.717, 1.165) is 16.8 Å². The molecule has 0 aliphatic heterocycles. The fourth-order valence-corrected chi connectivity index (χ4v) is 1.43. The monoisotopic (exact) mass is 194 g/mol. The van der Waals surface area contributed by atoms with Crippen molar-refractivity contribution in [2.24, 2.45) is 5.73 Å². The highest BCUT2D eigenvalue weighted by Crippen LogP contribution is 2.18. The molecule has 1 rings (SSSR count). The van der Waals surface area contributed by atoms with Gasteiger partial charge in [-0.3, -0.25) is 0 Å². The molecule has 0 amide bonds. The van der Waals surface area contributed by atoms with Crippen molar-refractivity contribution in [1.82, 2.24) is 4.98 Å². The molecule has 0 aliphatic carbocycles. The first-order chi connectivity index (χ1) is 6.54. The van der Waals surface area contributed by atoms with Crippen LogP contribution in [0.5, 0.6) is 5.88 Å². The van der Waals surface area contributed by atoms with E-state index in [9.17, 15) is 0 Å². The number of nitrogens with zero attached hydrogens (tertiary/aromatic N) is 1. The largest absolute Gasteiger partial charge is 0.475 e. The Morgan fingerprint density at radius 2 is 2.07 bits per heavy atom. The van der Waals surface area contributed by atoms with Crippen molar-refractivity contribution in [3.8, 4) is 5.88 Å². The number of hydrogen-bond acceptors (Lipinski definition) is 3. The standard InChI is InChI=1S/C11H18N2O/c1-7(2)14-11-5-8(3)10(6-12)9(4)13-11/h5,7H,6,12H2,1-4H3. The third kappa shape index (κ3) is 2.45. The molecule has 0 saturated carbocycles. The molecule has 1 aromatic rings. The zero-order chi connectivity index (χ0) is 10.7. The van der Waals surface area contributed by atoms with E-state index < -0.39 is 0 Å². The number of rotatable bonds is 3. The Hall–Kier alpha value is -1.09. The third-order valence-corrected chi connectivity index (χ3v) is 2.09. The molecule has 3 heteroatoms. The summed E-state index contributed by atoms with van der Waals surface area (Å²) < 4.78 is 5.52. The normalized spacial score (nSPS) is 10.7. The van der Waals surface area contributed by atoms with Gasteiger partial charge in [-0.2, -0.15) is 0 Å². The summed E-state index contributed by atoms with van der Waals surface area (Å²) in [6.45, 7) is 8.51. The highest BCUT2D eigenvalue weighted by molar-refractivity contribution is 5.33. The number of nitrogens with two attached hydrogens (primary N) is 1. The summed E-state index contributed by atoms with van der Waals surface area (Å²) in [6.07, 6.45) is 0.157. The van der Waals surface area contributed by atoms with Crippen molar-refractivity contribution in [2.45, 2.75) is 40.3 Å². The van der Waals surface area contributed by atoms with E-state index >= 15 is 0 Å². The Morgan fingerprint density at radius 3 is 2.50 bits per heavy atom. The van der Waals surface area contributed by atoms with Crippen LogP contribution in [-0.4, -0.2) is 11.1 Å². The van der Waals surface area contributed by atoms with Gasteiger partial charge < -0.3 is 10.5 Å². The van der Waals surface area contributed by atoms with Crippen LogP contribution >= 0.6 is 0 Å². The summed E-state index contributed by atoms with van der Waals surface area (Å²) in [6, 6.07) is 1.94. The number of aromatic nitrogens is 1. The fourth-order valence-electron chi connectivity index (χ4n) is 1.43. The number of ether oxygens (including phenoxy) is 1. The third-order valence-electron chi connectivity index (χ3n) is 2.09. The van der Waals surface area contributed by atoms with Crippen molar-refractivity contribution in [2.75, 3.05) is 0 Å². The van der Waals surface area contributed by atoms with Crippen LogP contribution in [0.15, 0.2) is 6.07 Å². The first-order valence-corrected chi connectivity index (χ1v) is 4.88. The minimum Gasteiger partial charge on any atom is -0.475 e. The molecule has 1 heterocycles. The van der Waals surface area contributed by atoms with Crippen LogP contribution in [0.2, 0.25) is 0 Å². The minimum absolute atomic E-state index is 0.157. The molecular formula is C11H18N2O. The average molecular weight is 194 g/mol. The first-order valence-electron chi connectivity index (χ1n) is 4.88. The van der Waals surface area contributed by atoms with Crippen LogP contribution < -0.4 is 10.5 Å². The van der Waals surface area contributed by atoms with Crippen LogP contribution in [0.25, 0.3) is 0 Å². The summed E-state index contributed by atoms with van der Waals surface area (Å²) in [5.74, 6) is 0.687. The summed E-state index contributed by atoms with van der Waals surface area (Å²) in [5, 5.41) is 0. The van der Waals surface area contributed by atoms with E-state index in [1.54, 1.807) is 0 Å². The van der Waals surface area contributed by atoms with Gasteiger partial charge in [0.1, 0.15) is 0 Å². The highest BCUT2D eigenvalue weighted by Gasteiger charge is 2.06. The SMILES string of the molecule is Cc1cc(OC(C)C)nc(C)c1CN. The average Bonchev–Trinajstić information content (AvgIpc) is 2.01. The zero-order valence-electron chi connectivity index (χ0n) is 9.29. The van der Waals surface area contributed by atoms with Crippen molar-refractivity contribution < 1.29 is 4.74 Å². The molecule has 0 aliphatic rings. The van der Waals surface area contributed by atoms with Crippen LogP contribution in [0.1, 0.15) is 30.7 Å². The van der Waals surface area contributed by atoms with E-state index in [1.807, 2.05) is 33.8 Å². The van der Waals surface area contributed by atoms with Gasteiger partial charge in [0.2, 0.25) is 5.88 Å². The Kier molecular flexibility index (Phi) is 3.47. The van der Waals surface area contributed by atoms with E-state index in [2.05, 4.69) is 4.98 Å². The first kappa shape index (κ1) is 11.0. The van der Waals surface area contributed by atoms with Gasteiger partial charge in [0.05, 0.1) is 6.10 Å². The van der Waals surface area contributed by atoms with Gasteiger partial charge in [0, 0.05) is 18.3 Å². The number of aryl methyl sites for hydroxylation is 2. The second-order valence-electron chi connectivity index (χ2n) is 3.71. The maximum atomic E-state index is 5.62. The zero-order valence-corrected chi connectivity index (χ0v) is 9.29. The maximum Gasteiger partial charge on any atom is 0.213 e. The Balaban J connectivity index is 3.01. The van der Waals surface area contributed by atoms with Gasteiger partial charge >= 0.3 is 0 Å². The van der Waals surface area contributed by atoms with Crippen molar-refractivity contribution in [3.05, 3.63) is 22.9 Å². The van der Waals surface area contributed by atoms with Crippen molar-refractivity contribution in [1.29, 1.82) is 0 Å². The summed E-state index contributed by atoms with van der Waals surface area (Å²) in [4.78, 5) is 4.34. The van der Waals surface area contributed by atoms with Crippen LogP contribution in [0.3, 0.4) is 0 Å².